The summed E-state index contributed by atoms with van der Waals surface area (Å²) in [5.41, 5.74) is 1.06. The molecule has 0 aromatic carbocycles. The lowest BCUT2D eigenvalue weighted by atomic mass is 9.95. The topological polar surface area (TPSA) is 65.5 Å². The van der Waals surface area contributed by atoms with Crippen LogP contribution in [-0.2, 0) is 4.79 Å². The van der Waals surface area contributed by atoms with Crippen molar-refractivity contribution in [3.63, 3.8) is 0 Å². The van der Waals surface area contributed by atoms with E-state index in [0.29, 0.717) is 6.42 Å². The minimum absolute atomic E-state index is 0.0926. The van der Waals surface area contributed by atoms with E-state index in [1.165, 1.54) is 0 Å². The second-order valence-corrected chi connectivity index (χ2v) is 6.50. The molecular formula is C15H25N3O2S. The third-order valence-corrected chi connectivity index (χ3v) is 5.08. The van der Waals surface area contributed by atoms with Gasteiger partial charge in [-0.15, -0.1) is 11.3 Å². The molecule has 1 saturated heterocycles. The SMILES string of the molecule is CCC(CCO)NC(=O)C1CCN(c2nc(C)cs2)CC1. The highest BCUT2D eigenvalue weighted by Gasteiger charge is 2.27. The quantitative estimate of drug-likeness (QED) is 0.843. The first-order valence-corrected chi connectivity index (χ1v) is 8.60. The van der Waals surface area contributed by atoms with Crippen LogP contribution in [-0.4, -0.2) is 41.7 Å². The van der Waals surface area contributed by atoms with Gasteiger partial charge in [-0.1, -0.05) is 6.92 Å². The van der Waals surface area contributed by atoms with E-state index in [9.17, 15) is 4.79 Å². The fraction of sp³-hybridized carbons (Fsp3) is 0.733. The van der Waals surface area contributed by atoms with Gasteiger partial charge in [-0.2, -0.15) is 0 Å². The number of hydrogen-bond acceptors (Lipinski definition) is 5. The number of rotatable bonds is 6. The van der Waals surface area contributed by atoms with E-state index in [0.717, 1.165) is 43.2 Å². The Morgan fingerprint density at radius 3 is 2.81 bits per heavy atom. The summed E-state index contributed by atoms with van der Waals surface area (Å²) in [4.78, 5) is 19.0. The molecule has 21 heavy (non-hydrogen) atoms. The lowest BCUT2D eigenvalue weighted by Crippen LogP contribution is -2.44. The number of carbonyl (C=O) groups is 1. The van der Waals surface area contributed by atoms with Gasteiger partial charge in [0.25, 0.3) is 0 Å². The van der Waals surface area contributed by atoms with E-state index < -0.39 is 0 Å². The first-order chi connectivity index (χ1) is 10.1. The van der Waals surface area contributed by atoms with Gasteiger partial charge in [0.2, 0.25) is 5.91 Å². The molecular weight excluding hydrogens is 286 g/mol. The Labute approximate surface area is 130 Å². The highest BCUT2D eigenvalue weighted by atomic mass is 32.1. The van der Waals surface area contributed by atoms with Crippen molar-refractivity contribution in [3.05, 3.63) is 11.1 Å². The maximum atomic E-state index is 12.3. The van der Waals surface area contributed by atoms with Crippen LogP contribution < -0.4 is 10.2 Å². The van der Waals surface area contributed by atoms with Gasteiger partial charge < -0.3 is 15.3 Å². The van der Waals surface area contributed by atoms with Crippen LogP contribution >= 0.6 is 11.3 Å². The number of amides is 1. The summed E-state index contributed by atoms with van der Waals surface area (Å²) in [6.45, 7) is 5.95. The molecule has 0 radical (unpaired) electrons. The van der Waals surface area contributed by atoms with E-state index >= 15 is 0 Å². The second kappa shape index (κ2) is 7.75. The Morgan fingerprint density at radius 2 is 2.29 bits per heavy atom. The molecule has 1 aromatic rings. The molecule has 2 heterocycles. The van der Waals surface area contributed by atoms with Crippen LogP contribution in [0, 0.1) is 12.8 Å². The lowest BCUT2D eigenvalue weighted by molar-refractivity contribution is -0.126. The fourth-order valence-corrected chi connectivity index (χ4v) is 3.53. The van der Waals surface area contributed by atoms with E-state index in [2.05, 4.69) is 20.6 Å². The zero-order valence-electron chi connectivity index (χ0n) is 12.8. The average Bonchev–Trinajstić information content (AvgIpc) is 2.93. The van der Waals surface area contributed by atoms with Crippen LogP contribution in [0.2, 0.25) is 0 Å². The van der Waals surface area contributed by atoms with Crippen LogP contribution in [0.15, 0.2) is 5.38 Å². The molecule has 118 valence electrons. The molecule has 6 heteroatoms. The fourth-order valence-electron chi connectivity index (χ4n) is 2.67. The zero-order valence-corrected chi connectivity index (χ0v) is 13.7. The molecule has 1 unspecified atom stereocenters. The van der Waals surface area contributed by atoms with Crippen molar-refractivity contribution in [2.24, 2.45) is 5.92 Å². The summed E-state index contributed by atoms with van der Waals surface area (Å²) in [6.07, 6.45) is 3.25. The Hall–Kier alpha value is -1.14. The minimum atomic E-state index is 0.0926. The molecule has 2 N–H and O–H groups in total. The van der Waals surface area contributed by atoms with Crippen molar-refractivity contribution in [2.45, 2.75) is 45.6 Å². The van der Waals surface area contributed by atoms with Gasteiger partial charge in [0, 0.05) is 37.0 Å². The molecule has 1 fully saturated rings. The number of aryl methyl sites for hydroxylation is 1. The number of carbonyl (C=O) groups excluding carboxylic acids is 1. The number of aliphatic hydroxyl groups excluding tert-OH is 1. The number of thiazole rings is 1. The highest BCUT2D eigenvalue weighted by molar-refractivity contribution is 7.13. The first-order valence-electron chi connectivity index (χ1n) is 7.72. The van der Waals surface area contributed by atoms with Gasteiger partial charge >= 0.3 is 0 Å². The molecule has 0 bridgehead atoms. The molecule has 0 saturated carbocycles. The number of nitrogens with zero attached hydrogens (tertiary/aromatic N) is 2. The number of anilines is 1. The van der Waals surface area contributed by atoms with Crippen molar-refractivity contribution >= 4 is 22.4 Å². The molecule has 1 aromatic heterocycles. The Kier molecular flexibility index (Phi) is 5.99. The van der Waals surface area contributed by atoms with Crippen LogP contribution in [0.4, 0.5) is 5.13 Å². The minimum Gasteiger partial charge on any atom is -0.396 e. The van der Waals surface area contributed by atoms with Crippen molar-refractivity contribution in [1.29, 1.82) is 0 Å². The molecule has 1 aliphatic rings. The van der Waals surface area contributed by atoms with Crippen molar-refractivity contribution in [3.8, 4) is 0 Å². The van der Waals surface area contributed by atoms with Crippen LogP contribution in [0.1, 0.15) is 38.3 Å². The average molecular weight is 311 g/mol. The van der Waals surface area contributed by atoms with E-state index in [-0.39, 0.29) is 24.5 Å². The summed E-state index contributed by atoms with van der Waals surface area (Å²) in [6, 6.07) is 0.0992. The van der Waals surface area contributed by atoms with Crippen molar-refractivity contribution < 1.29 is 9.90 Å². The van der Waals surface area contributed by atoms with Gasteiger partial charge in [0.15, 0.2) is 5.13 Å². The maximum absolute atomic E-state index is 12.3. The number of aliphatic hydroxyl groups is 1. The molecule has 5 nitrogen and oxygen atoms in total. The molecule has 0 aliphatic carbocycles. The van der Waals surface area contributed by atoms with Gasteiger partial charge in [0.05, 0.1) is 5.69 Å². The first kappa shape index (κ1) is 16.2. The number of aromatic nitrogens is 1. The smallest absolute Gasteiger partial charge is 0.223 e. The van der Waals surface area contributed by atoms with Gasteiger partial charge in [0.1, 0.15) is 0 Å². The van der Waals surface area contributed by atoms with Gasteiger partial charge in [-0.3, -0.25) is 4.79 Å². The Balaban J connectivity index is 1.81. The Bertz CT molecular complexity index is 456. The monoisotopic (exact) mass is 311 g/mol. The summed E-state index contributed by atoms with van der Waals surface area (Å²) in [5.74, 6) is 0.236. The van der Waals surface area contributed by atoms with Crippen LogP contribution in [0.5, 0.6) is 0 Å². The summed E-state index contributed by atoms with van der Waals surface area (Å²) in [7, 11) is 0. The number of piperidine rings is 1. The second-order valence-electron chi connectivity index (χ2n) is 5.66. The van der Waals surface area contributed by atoms with Crippen LogP contribution in [0.25, 0.3) is 0 Å². The maximum Gasteiger partial charge on any atom is 0.223 e. The van der Waals surface area contributed by atoms with E-state index in [1.54, 1.807) is 11.3 Å². The van der Waals surface area contributed by atoms with E-state index in [4.69, 9.17) is 5.11 Å². The molecule has 1 aliphatic heterocycles. The standard InChI is InChI=1S/C15H25N3O2S/c1-3-13(6-9-19)17-14(20)12-4-7-18(8-5-12)15-16-11(2)10-21-15/h10,12-13,19H,3-9H2,1-2H3,(H,17,20). The number of nitrogens with one attached hydrogen (secondary N) is 1. The third-order valence-electron chi connectivity index (χ3n) is 4.06. The summed E-state index contributed by atoms with van der Waals surface area (Å²) in [5, 5.41) is 15.2. The predicted molar refractivity (Wildman–Crippen MR) is 85.7 cm³/mol. The summed E-state index contributed by atoms with van der Waals surface area (Å²) >= 11 is 1.67. The van der Waals surface area contributed by atoms with Crippen molar-refractivity contribution in [2.75, 3.05) is 24.6 Å². The normalized spacial score (nSPS) is 17.8. The molecule has 1 atom stereocenters. The Morgan fingerprint density at radius 1 is 1.57 bits per heavy atom. The summed E-state index contributed by atoms with van der Waals surface area (Å²) < 4.78 is 0. The van der Waals surface area contributed by atoms with Gasteiger partial charge in [-0.05, 0) is 32.6 Å². The molecule has 2 rings (SSSR count). The predicted octanol–water partition coefficient (Wildman–Crippen LogP) is 1.95. The van der Waals surface area contributed by atoms with Crippen LogP contribution in [0.3, 0.4) is 0 Å². The van der Waals surface area contributed by atoms with E-state index in [1.807, 2.05) is 13.8 Å². The molecule has 0 spiro atoms. The highest BCUT2D eigenvalue weighted by Crippen LogP contribution is 2.26. The van der Waals surface area contributed by atoms with Crippen molar-refractivity contribution in [1.82, 2.24) is 10.3 Å². The largest absolute Gasteiger partial charge is 0.396 e. The third kappa shape index (κ3) is 4.41. The lowest BCUT2D eigenvalue weighted by Gasteiger charge is -2.31. The zero-order chi connectivity index (χ0) is 15.2. The molecule has 1 amide bonds. The van der Waals surface area contributed by atoms with Gasteiger partial charge in [-0.25, -0.2) is 4.98 Å². The number of hydrogen-bond donors (Lipinski definition) is 2.